The van der Waals surface area contributed by atoms with Crippen molar-refractivity contribution >= 4 is 38.8 Å². The largest absolute Gasteiger partial charge is 0.493 e. The minimum absolute atomic E-state index is 0.108. The molecule has 8 heteroatoms. The van der Waals surface area contributed by atoms with Crippen LogP contribution in [0, 0.1) is 0 Å². The standard InChI is InChI=1S/C25H21N3O3S2/c1-2-30-20-9-5-3-7-18(20)24-27-16(15-32-24)13-23(29)26-14-17-11-12-21(31-17)25-28-19-8-4-6-10-22(19)33-25/h3-12,15H,2,13-14H2,1H3,(H,26,29). The lowest BCUT2D eigenvalue weighted by atomic mass is 10.2. The van der Waals surface area contributed by atoms with Gasteiger partial charge >= 0.3 is 0 Å². The average Bonchev–Trinajstić information content (AvgIpc) is 3.57. The highest BCUT2D eigenvalue weighted by Gasteiger charge is 2.14. The molecule has 0 aliphatic rings. The second-order valence-electron chi connectivity index (χ2n) is 7.28. The lowest BCUT2D eigenvalue weighted by molar-refractivity contribution is -0.120. The van der Waals surface area contributed by atoms with Crippen molar-refractivity contribution in [2.24, 2.45) is 0 Å². The molecule has 3 aromatic heterocycles. The van der Waals surface area contributed by atoms with Crippen LogP contribution in [0.1, 0.15) is 18.4 Å². The van der Waals surface area contributed by atoms with Crippen LogP contribution in [0.2, 0.25) is 0 Å². The van der Waals surface area contributed by atoms with Gasteiger partial charge in [0, 0.05) is 5.38 Å². The Morgan fingerprint density at radius 3 is 2.76 bits per heavy atom. The Kier molecular flexibility index (Phi) is 6.19. The molecule has 166 valence electrons. The fraction of sp³-hybridized carbons (Fsp3) is 0.160. The summed E-state index contributed by atoms with van der Waals surface area (Å²) in [5.41, 5.74) is 2.62. The third kappa shape index (κ3) is 4.81. The first kappa shape index (κ1) is 21.4. The number of carbonyl (C=O) groups excluding carboxylic acids is 1. The van der Waals surface area contributed by atoms with Crippen molar-refractivity contribution in [3.63, 3.8) is 0 Å². The van der Waals surface area contributed by atoms with Gasteiger partial charge in [0.25, 0.3) is 0 Å². The molecule has 0 fully saturated rings. The molecule has 0 atom stereocenters. The van der Waals surface area contributed by atoms with Crippen LogP contribution in [0.15, 0.2) is 70.5 Å². The number of amides is 1. The molecule has 0 unspecified atom stereocenters. The summed E-state index contributed by atoms with van der Waals surface area (Å²) in [4.78, 5) is 21.7. The van der Waals surface area contributed by atoms with Gasteiger partial charge in [0.1, 0.15) is 16.5 Å². The smallest absolute Gasteiger partial charge is 0.226 e. The molecular formula is C25H21N3O3S2. The molecule has 33 heavy (non-hydrogen) atoms. The number of nitrogens with one attached hydrogen (secondary N) is 1. The summed E-state index contributed by atoms with van der Waals surface area (Å²) in [6, 6.07) is 19.6. The summed E-state index contributed by atoms with van der Waals surface area (Å²) >= 11 is 3.09. The zero-order chi connectivity index (χ0) is 22.6. The van der Waals surface area contributed by atoms with Crippen molar-refractivity contribution in [2.45, 2.75) is 19.9 Å². The lowest BCUT2D eigenvalue weighted by Gasteiger charge is -2.07. The third-order valence-corrected chi connectivity index (χ3v) is 6.91. The summed E-state index contributed by atoms with van der Waals surface area (Å²) in [6.07, 6.45) is 0.207. The van der Waals surface area contributed by atoms with Crippen LogP contribution in [-0.4, -0.2) is 22.5 Å². The molecule has 0 bridgehead atoms. The highest BCUT2D eigenvalue weighted by atomic mass is 32.1. The van der Waals surface area contributed by atoms with Crippen molar-refractivity contribution < 1.29 is 13.9 Å². The van der Waals surface area contributed by atoms with E-state index >= 15 is 0 Å². The second kappa shape index (κ2) is 9.56. The zero-order valence-electron chi connectivity index (χ0n) is 17.9. The number of thiazole rings is 2. The molecule has 5 aromatic rings. The van der Waals surface area contributed by atoms with Gasteiger partial charge in [-0.2, -0.15) is 0 Å². The quantitative estimate of drug-likeness (QED) is 0.301. The number of fused-ring (bicyclic) bond motifs is 1. The maximum Gasteiger partial charge on any atom is 0.226 e. The highest BCUT2D eigenvalue weighted by molar-refractivity contribution is 7.21. The van der Waals surface area contributed by atoms with E-state index in [-0.39, 0.29) is 12.3 Å². The van der Waals surface area contributed by atoms with Crippen molar-refractivity contribution in [1.82, 2.24) is 15.3 Å². The van der Waals surface area contributed by atoms with Gasteiger partial charge < -0.3 is 14.5 Å². The van der Waals surface area contributed by atoms with E-state index in [9.17, 15) is 4.79 Å². The summed E-state index contributed by atoms with van der Waals surface area (Å²) in [5.74, 6) is 2.08. The van der Waals surface area contributed by atoms with Gasteiger partial charge in [-0.15, -0.1) is 22.7 Å². The van der Waals surface area contributed by atoms with Crippen LogP contribution in [0.25, 0.3) is 31.6 Å². The summed E-state index contributed by atoms with van der Waals surface area (Å²) in [7, 11) is 0. The van der Waals surface area contributed by atoms with E-state index in [4.69, 9.17) is 9.15 Å². The Morgan fingerprint density at radius 1 is 1.03 bits per heavy atom. The fourth-order valence-corrected chi connectivity index (χ4v) is 5.19. The van der Waals surface area contributed by atoms with Crippen LogP contribution >= 0.6 is 22.7 Å². The third-order valence-electron chi connectivity index (χ3n) is 4.94. The predicted molar refractivity (Wildman–Crippen MR) is 132 cm³/mol. The molecule has 6 nitrogen and oxygen atoms in total. The first-order valence-corrected chi connectivity index (χ1v) is 12.3. The Labute approximate surface area is 198 Å². The minimum atomic E-state index is -0.108. The van der Waals surface area contributed by atoms with Crippen molar-refractivity contribution in [3.8, 4) is 27.1 Å². The molecule has 0 saturated carbocycles. The Hall–Kier alpha value is -3.49. The molecule has 1 N–H and O–H groups in total. The van der Waals surface area contributed by atoms with Crippen molar-refractivity contribution in [3.05, 3.63) is 77.5 Å². The van der Waals surface area contributed by atoms with Crippen LogP contribution < -0.4 is 10.1 Å². The van der Waals surface area contributed by atoms with Crippen LogP contribution in [0.3, 0.4) is 0 Å². The second-order valence-corrected chi connectivity index (χ2v) is 9.17. The average molecular weight is 476 g/mol. The zero-order valence-corrected chi connectivity index (χ0v) is 19.5. The lowest BCUT2D eigenvalue weighted by Crippen LogP contribution is -2.24. The SMILES string of the molecule is CCOc1ccccc1-c1nc(CC(=O)NCc2ccc(-c3nc4ccccc4s3)o2)cs1. The molecular weight excluding hydrogens is 454 g/mol. The van der Waals surface area contributed by atoms with Crippen molar-refractivity contribution in [2.75, 3.05) is 6.61 Å². The number of furan rings is 1. The Bertz CT molecular complexity index is 1370. The summed E-state index contributed by atoms with van der Waals surface area (Å²) in [5, 5.41) is 6.49. The minimum Gasteiger partial charge on any atom is -0.493 e. The van der Waals surface area contributed by atoms with Crippen molar-refractivity contribution in [1.29, 1.82) is 0 Å². The molecule has 0 aliphatic carbocycles. The monoisotopic (exact) mass is 475 g/mol. The van der Waals surface area contributed by atoms with E-state index in [1.165, 1.54) is 11.3 Å². The van der Waals surface area contributed by atoms with Crippen LogP contribution in [0.4, 0.5) is 0 Å². The summed E-state index contributed by atoms with van der Waals surface area (Å²) < 4.78 is 12.7. The van der Waals surface area contributed by atoms with Gasteiger partial charge in [-0.05, 0) is 43.3 Å². The summed E-state index contributed by atoms with van der Waals surface area (Å²) in [6.45, 7) is 2.86. The van der Waals surface area contributed by atoms with E-state index in [0.717, 1.165) is 37.2 Å². The molecule has 0 radical (unpaired) electrons. The Balaban J connectivity index is 1.20. The number of ether oxygens (including phenoxy) is 1. The number of hydrogen-bond donors (Lipinski definition) is 1. The Morgan fingerprint density at radius 2 is 1.88 bits per heavy atom. The maximum absolute atomic E-state index is 12.5. The van der Waals surface area contributed by atoms with Gasteiger partial charge in [-0.1, -0.05) is 24.3 Å². The van der Waals surface area contributed by atoms with E-state index in [1.54, 1.807) is 11.3 Å². The van der Waals surface area contributed by atoms with Gasteiger partial charge in [0.05, 0.1) is 41.0 Å². The number of hydrogen-bond acceptors (Lipinski definition) is 7. The first-order valence-electron chi connectivity index (χ1n) is 10.6. The number of aromatic nitrogens is 2. The molecule has 3 heterocycles. The van der Waals surface area contributed by atoms with E-state index in [1.807, 2.05) is 73.0 Å². The maximum atomic E-state index is 12.5. The molecule has 0 saturated heterocycles. The molecule has 1 amide bonds. The highest BCUT2D eigenvalue weighted by Crippen LogP contribution is 2.33. The van der Waals surface area contributed by atoms with Crippen LogP contribution in [-0.2, 0) is 17.8 Å². The molecule has 0 aliphatic heterocycles. The van der Waals surface area contributed by atoms with E-state index in [2.05, 4.69) is 15.3 Å². The van der Waals surface area contributed by atoms with Crippen LogP contribution in [0.5, 0.6) is 5.75 Å². The topological polar surface area (TPSA) is 77.2 Å². The van der Waals surface area contributed by atoms with Gasteiger partial charge in [-0.25, -0.2) is 9.97 Å². The molecule has 2 aromatic carbocycles. The predicted octanol–water partition coefficient (Wildman–Crippen LogP) is 5.94. The number of carbonyl (C=O) groups is 1. The van der Waals surface area contributed by atoms with E-state index in [0.29, 0.717) is 24.7 Å². The van der Waals surface area contributed by atoms with Gasteiger partial charge in [0.2, 0.25) is 5.91 Å². The fourth-order valence-electron chi connectivity index (χ4n) is 3.41. The van der Waals surface area contributed by atoms with E-state index < -0.39 is 0 Å². The van der Waals surface area contributed by atoms with Gasteiger partial charge in [-0.3, -0.25) is 4.79 Å². The number of nitrogens with zero attached hydrogens (tertiary/aromatic N) is 2. The molecule has 0 spiro atoms. The first-order chi connectivity index (χ1) is 16.2. The number of para-hydroxylation sites is 2. The number of benzene rings is 2. The molecule has 5 rings (SSSR count). The normalized spacial score (nSPS) is 11.1. The van der Waals surface area contributed by atoms with Gasteiger partial charge in [0.15, 0.2) is 10.8 Å². The number of rotatable bonds is 8.